The highest BCUT2D eigenvalue weighted by atomic mass is 32.1. The number of aromatic nitrogens is 2. The maximum Gasteiger partial charge on any atom is 0.271 e. The molecule has 0 unspecified atom stereocenters. The minimum atomic E-state index is -0.0215. The topological polar surface area (TPSA) is 53.4 Å². The van der Waals surface area contributed by atoms with Gasteiger partial charge in [-0.05, 0) is 35.9 Å². The summed E-state index contributed by atoms with van der Waals surface area (Å²) >= 11 is 1.46. The first-order valence-electron chi connectivity index (χ1n) is 6.85. The average Bonchev–Trinajstić information content (AvgIpc) is 2.99. The fourth-order valence-corrected chi connectivity index (χ4v) is 3.26. The molecule has 0 aliphatic heterocycles. The number of nitrogens with zero attached hydrogens (tertiary/aromatic N) is 2. The maximum absolute atomic E-state index is 12.4. The summed E-state index contributed by atoms with van der Waals surface area (Å²) in [5.41, 5.74) is 1.76. The summed E-state index contributed by atoms with van der Waals surface area (Å²) in [6.45, 7) is 0.998. The molecule has 0 fully saturated rings. The molecule has 0 saturated heterocycles. The Kier molecular flexibility index (Phi) is 4.22. The Balaban J connectivity index is 2.01. The van der Waals surface area contributed by atoms with E-state index in [4.69, 9.17) is 9.47 Å². The fraction of sp³-hybridized carbons (Fsp3) is 0.250. The molecule has 0 radical (unpaired) electrons. The van der Waals surface area contributed by atoms with Gasteiger partial charge in [-0.15, -0.1) is 11.3 Å². The third kappa shape index (κ3) is 2.75. The molecule has 0 aliphatic carbocycles. The van der Waals surface area contributed by atoms with Gasteiger partial charge in [0.05, 0.1) is 32.1 Å². The van der Waals surface area contributed by atoms with E-state index in [1.807, 2.05) is 30.3 Å². The molecule has 1 aromatic carbocycles. The molecule has 3 rings (SSSR count). The molecule has 0 spiro atoms. The van der Waals surface area contributed by atoms with Crippen LogP contribution in [-0.4, -0.2) is 30.4 Å². The molecule has 0 aliphatic rings. The number of ether oxygens (including phenoxy) is 2. The molecule has 0 atom stereocenters. The predicted octanol–water partition coefficient (Wildman–Crippen LogP) is 2.78. The molecule has 5 nitrogen and oxygen atoms in total. The summed E-state index contributed by atoms with van der Waals surface area (Å²) < 4.78 is 12.4. The first-order chi connectivity index (χ1) is 10.7. The lowest BCUT2D eigenvalue weighted by molar-refractivity contribution is 0.186. The summed E-state index contributed by atoms with van der Waals surface area (Å²) in [5.74, 6) is 0.810. The van der Waals surface area contributed by atoms with Crippen LogP contribution in [-0.2, 0) is 11.3 Å². The zero-order valence-corrected chi connectivity index (χ0v) is 13.2. The molecule has 0 N–H and O–H groups in total. The van der Waals surface area contributed by atoms with Crippen LogP contribution in [0.2, 0.25) is 0 Å². The van der Waals surface area contributed by atoms with Gasteiger partial charge in [-0.25, -0.2) is 4.98 Å². The number of fused-ring (bicyclic) bond motifs is 1. The Morgan fingerprint density at radius 3 is 2.68 bits per heavy atom. The van der Waals surface area contributed by atoms with E-state index in [1.54, 1.807) is 25.1 Å². The molecule has 3 aromatic rings. The van der Waals surface area contributed by atoms with E-state index in [9.17, 15) is 4.79 Å². The van der Waals surface area contributed by atoms with Crippen LogP contribution in [0.25, 0.3) is 20.7 Å². The molecular formula is C16H16N2O3S. The standard InChI is InChI=1S/C16H16N2O3S/c1-20-8-7-18-10-17-13-9-14(22-15(13)16(18)19)11-3-5-12(21-2)6-4-11/h3-6,9-10H,7-8H2,1-2H3. The van der Waals surface area contributed by atoms with Crippen LogP contribution in [0.4, 0.5) is 0 Å². The summed E-state index contributed by atoms with van der Waals surface area (Å²) in [5, 5.41) is 0. The van der Waals surface area contributed by atoms with Gasteiger partial charge in [-0.3, -0.25) is 9.36 Å². The first-order valence-corrected chi connectivity index (χ1v) is 7.67. The second-order valence-corrected chi connectivity index (χ2v) is 5.84. The first kappa shape index (κ1) is 14.7. The van der Waals surface area contributed by atoms with Gasteiger partial charge in [0.2, 0.25) is 0 Å². The predicted molar refractivity (Wildman–Crippen MR) is 87.7 cm³/mol. The largest absolute Gasteiger partial charge is 0.497 e. The monoisotopic (exact) mass is 316 g/mol. The van der Waals surface area contributed by atoms with E-state index in [0.29, 0.717) is 17.9 Å². The van der Waals surface area contributed by atoms with Crippen LogP contribution in [0.5, 0.6) is 5.75 Å². The number of thiophene rings is 1. The quantitative estimate of drug-likeness (QED) is 0.726. The van der Waals surface area contributed by atoms with E-state index in [1.165, 1.54) is 11.3 Å². The number of rotatable bonds is 5. The Hall–Kier alpha value is -2.18. The van der Waals surface area contributed by atoms with Crippen LogP contribution in [0.1, 0.15) is 0 Å². The van der Waals surface area contributed by atoms with Gasteiger partial charge in [0.15, 0.2) is 0 Å². The Morgan fingerprint density at radius 1 is 1.23 bits per heavy atom. The van der Waals surface area contributed by atoms with Crippen molar-refractivity contribution in [3.8, 4) is 16.2 Å². The summed E-state index contributed by atoms with van der Waals surface area (Å²) in [6, 6.07) is 9.72. The number of methoxy groups -OCH3 is 2. The Labute approximate surface area is 131 Å². The maximum atomic E-state index is 12.4. The molecule has 6 heteroatoms. The van der Waals surface area contributed by atoms with Gasteiger partial charge in [-0.2, -0.15) is 0 Å². The van der Waals surface area contributed by atoms with Crippen molar-refractivity contribution in [2.24, 2.45) is 0 Å². The van der Waals surface area contributed by atoms with Gasteiger partial charge >= 0.3 is 0 Å². The molecule has 0 bridgehead atoms. The fourth-order valence-electron chi connectivity index (χ4n) is 2.19. The van der Waals surface area contributed by atoms with Crippen LogP contribution in [0, 0.1) is 0 Å². The smallest absolute Gasteiger partial charge is 0.271 e. The van der Waals surface area contributed by atoms with Crippen LogP contribution < -0.4 is 10.3 Å². The second-order valence-electron chi connectivity index (χ2n) is 4.79. The van der Waals surface area contributed by atoms with Gasteiger partial charge in [0, 0.05) is 12.0 Å². The molecule has 114 valence electrons. The zero-order chi connectivity index (χ0) is 15.5. The van der Waals surface area contributed by atoms with E-state index >= 15 is 0 Å². The lowest BCUT2D eigenvalue weighted by Gasteiger charge is -2.02. The van der Waals surface area contributed by atoms with Gasteiger partial charge < -0.3 is 9.47 Å². The lowest BCUT2D eigenvalue weighted by Crippen LogP contribution is -2.21. The highest BCUT2D eigenvalue weighted by molar-refractivity contribution is 7.22. The van der Waals surface area contributed by atoms with Gasteiger partial charge in [0.25, 0.3) is 5.56 Å². The zero-order valence-electron chi connectivity index (χ0n) is 12.4. The summed E-state index contributed by atoms with van der Waals surface area (Å²) in [4.78, 5) is 17.8. The van der Waals surface area contributed by atoms with Crippen molar-refractivity contribution in [1.82, 2.24) is 9.55 Å². The van der Waals surface area contributed by atoms with E-state index in [2.05, 4.69) is 4.98 Å². The van der Waals surface area contributed by atoms with Crippen molar-refractivity contribution in [1.29, 1.82) is 0 Å². The normalized spacial score (nSPS) is 11.0. The summed E-state index contributed by atoms with van der Waals surface area (Å²) in [6.07, 6.45) is 1.58. The van der Waals surface area contributed by atoms with Crippen molar-refractivity contribution >= 4 is 21.6 Å². The number of benzene rings is 1. The van der Waals surface area contributed by atoms with Crippen molar-refractivity contribution in [2.75, 3.05) is 20.8 Å². The summed E-state index contributed by atoms with van der Waals surface area (Å²) in [7, 11) is 3.25. The van der Waals surface area contributed by atoms with Crippen molar-refractivity contribution in [3.05, 3.63) is 47.0 Å². The van der Waals surface area contributed by atoms with Crippen LogP contribution in [0.3, 0.4) is 0 Å². The third-order valence-corrected chi connectivity index (χ3v) is 4.58. The van der Waals surface area contributed by atoms with Crippen molar-refractivity contribution < 1.29 is 9.47 Å². The number of hydrogen-bond acceptors (Lipinski definition) is 5. The van der Waals surface area contributed by atoms with E-state index in [0.717, 1.165) is 21.7 Å². The Bertz CT molecular complexity index is 837. The third-order valence-electron chi connectivity index (χ3n) is 3.41. The van der Waals surface area contributed by atoms with Crippen LogP contribution >= 0.6 is 11.3 Å². The van der Waals surface area contributed by atoms with Gasteiger partial charge in [-0.1, -0.05) is 0 Å². The van der Waals surface area contributed by atoms with Gasteiger partial charge in [0.1, 0.15) is 10.4 Å². The molecular weight excluding hydrogens is 300 g/mol. The highest BCUT2D eigenvalue weighted by Crippen LogP contribution is 2.31. The van der Waals surface area contributed by atoms with Crippen molar-refractivity contribution in [3.63, 3.8) is 0 Å². The average molecular weight is 316 g/mol. The SMILES string of the molecule is COCCn1cnc2cc(-c3ccc(OC)cc3)sc2c1=O. The highest BCUT2D eigenvalue weighted by Gasteiger charge is 2.10. The second kappa shape index (κ2) is 6.29. The Morgan fingerprint density at radius 2 is 2.00 bits per heavy atom. The molecule has 0 amide bonds. The molecule has 2 aromatic heterocycles. The minimum Gasteiger partial charge on any atom is -0.497 e. The van der Waals surface area contributed by atoms with E-state index in [-0.39, 0.29) is 5.56 Å². The number of hydrogen-bond donors (Lipinski definition) is 0. The molecule has 2 heterocycles. The lowest BCUT2D eigenvalue weighted by atomic mass is 10.2. The minimum absolute atomic E-state index is 0.0215. The molecule has 22 heavy (non-hydrogen) atoms. The van der Waals surface area contributed by atoms with E-state index < -0.39 is 0 Å². The van der Waals surface area contributed by atoms with Crippen LogP contribution in [0.15, 0.2) is 41.5 Å². The molecule has 0 saturated carbocycles. The van der Waals surface area contributed by atoms with Crippen molar-refractivity contribution in [2.45, 2.75) is 6.54 Å².